The number of nitrogens with one attached hydrogen (secondary N) is 1. The van der Waals surface area contributed by atoms with Crippen LogP contribution in [0.3, 0.4) is 0 Å². The van der Waals surface area contributed by atoms with Crippen LogP contribution in [-0.4, -0.2) is 50.4 Å². The van der Waals surface area contributed by atoms with Gasteiger partial charge in [-0.05, 0) is 30.3 Å². The molecule has 0 saturated carbocycles. The van der Waals surface area contributed by atoms with E-state index in [4.69, 9.17) is 0 Å². The number of aliphatic hydroxyl groups excluding tert-OH is 1. The third-order valence-electron chi connectivity index (χ3n) is 7.00. The fourth-order valence-corrected chi connectivity index (χ4v) is 5.31. The van der Waals surface area contributed by atoms with E-state index in [0.717, 1.165) is 16.6 Å². The van der Waals surface area contributed by atoms with Crippen LogP contribution in [0.4, 0.5) is 5.69 Å². The molecule has 0 radical (unpaired) electrons. The van der Waals surface area contributed by atoms with Gasteiger partial charge in [0.1, 0.15) is 18.6 Å². The predicted octanol–water partition coefficient (Wildman–Crippen LogP) is 2.85. The maximum absolute atomic E-state index is 13.5. The summed E-state index contributed by atoms with van der Waals surface area (Å²) in [6.07, 6.45) is -0.491. The minimum absolute atomic E-state index is 0.0894. The Balaban J connectivity index is 1.17. The third-order valence-corrected chi connectivity index (χ3v) is 7.00. The second-order valence-corrected chi connectivity index (χ2v) is 9.08. The van der Waals surface area contributed by atoms with E-state index in [-0.39, 0.29) is 37.3 Å². The van der Waals surface area contributed by atoms with Gasteiger partial charge in [-0.1, -0.05) is 42.5 Å². The molecule has 2 aliphatic rings. The smallest absolute Gasteiger partial charge is 0.260 e. The lowest BCUT2D eigenvalue weighted by atomic mass is 10.0. The molecule has 2 aliphatic heterocycles. The highest BCUT2D eigenvalue weighted by molar-refractivity contribution is 6.16. The number of imidazole rings is 1. The van der Waals surface area contributed by atoms with E-state index in [2.05, 4.69) is 10.3 Å². The first-order valence-electron chi connectivity index (χ1n) is 12.2. The molecule has 37 heavy (non-hydrogen) atoms. The second-order valence-electron chi connectivity index (χ2n) is 9.08. The normalized spacial score (nSPS) is 16.1. The Morgan fingerprint density at radius 3 is 2.46 bits per heavy atom. The van der Waals surface area contributed by atoms with Crippen molar-refractivity contribution in [3.8, 4) is 0 Å². The molecule has 0 aliphatic carbocycles. The number of amides is 3. The summed E-state index contributed by atoms with van der Waals surface area (Å²) < 4.78 is 1.89. The average molecular weight is 496 g/mol. The topological polar surface area (TPSA) is 108 Å². The van der Waals surface area contributed by atoms with Gasteiger partial charge in [-0.2, -0.15) is 0 Å². The minimum Gasteiger partial charge on any atom is -0.388 e. The van der Waals surface area contributed by atoms with E-state index in [1.54, 1.807) is 34.1 Å². The Labute approximate surface area is 212 Å². The molecule has 0 unspecified atom stereocenters. The van der Waals surface area contributed by atoms with Crippen molar-refractivity contribution in [2.45, 2.75) is 25.7 Å². The van der Waals surface area contributed by atoms with Gasteiger partial charge in [0.25, 0.3) is 11.8 Å². The van der Waals surface area contributed by atoms with Gasteiger partial charge in [0.15, 0.2) is 0 Å². The number of anilines is 1. The number of para-hydroxylation sites is 3. The molecule has 0 spiro atoms. The number of benzene rings is 3. The molecule has 0 bridgehead atoms. The molecular formula is C28H25N5O4. The van der Waals surface area contributed by atoms with Crippen LogP contribution in [0.2, 0.25) is 0 Å². The molecule has 3 amide bonds. The van der Waals surface area contributed by atoms with Crippen molar-refractivity contribution in [2.75, 3.05) is 18.0 Å². The van der Waals surface area contributed by atoms with E-state index in [1.807, 2.05) is 53.1 Å². The van der Waals surface area contributed by atoms with Gasteiger partial charge >= 0.3 is 0 Å². The Kier molecular flexibility index (Phi) is 5.69. The first-order chi connectivity index (χ1) is 18.1. The summed E-state index contributed by atoms with van der Waals surface area (Å²) in [5, 5.41) is 12.6. The summed E-state index contributed by atoms with van der Waals surface area (Å²) in [7, 11) is 0. The first-order valence-corrected chi connectivity index (χ1v) is 12.2. The van der Waals surface area contributed by atoms with Crippen molar-refractivity contribution in [1.82, 2.24) is 19.8 Å². The Hall–Kier alpha value is -4.50. The molecule has 1 aromatic heterocycles. The van der Waals surface area contributed by atoms with Crippen molar-refractivity contribution >= 4 is 34.4 Å². The quantitative estimate of drug-likeness (QED) is 0.410. The van der Waals surface area contributed by atoms with Crippen molar-refractivity contribution in [1.29, 1.82) is 0 Å². The number of nitrogens with zero attached hydrogens (tertiary/aromatic N) is 4. The predicted molar refractivity (Wildman–Crippen MR) is 137 cm³/mol. The lowest BCUT2D eigenvalue weighted by Crippen LogP contribution is -2.49. The van der Waals surface area contributed by atoms with Crippen molar-refractivity contribution in [3.05, 3.63) is 95.3 Å². The van der Waals surface area contributed by atoms with E-state index in [9.17, 15) is 19.5 Å². The van der Waals surface area contributed by atoms with Crippen LogP contribution in [0.25, 0.3) is 11.0 Å². The zero-order valence-electron chi connectivity index (χ0n) is 20.0. The molecule has 0 fully saturated rings. The fraction of sp³-hybridized carbons (Fsp3) is 0.214. The summed E-state index contributed by atoms with van der Waals surface area (Å²) in [6.45, 7) is 0.771. The summed E-state index contributed by atoms with van der Waals surface area (Å²) in [6, 6.07) is 22.0. The third kappa shape index (κ3) is 3.75. The average Bonchev–Trinajstić information content (AvgIpc) is 3.44. The maximum atomic E-state index is 13.5. The number of aromatic nitrogens is 2. The number of hydrogen-bond acceptors (Lipinski definition) is 5. The number of hydrogen-bond donors (Lipinski definition) is 2. The molecule has 186 valence electrons. The zero-order chi connectivity index (χ0) is 25.5. The summed E-state index contributed by atoms with van der Waals surface area (Å²) in [5.41, 5.74) is 4.05. The van der Waals surface area contributed by atoms with E-state index < -0.39 is 6.17 Å². The van der Waals surface area contributed by atoms with Gasteiger partial charge in [0.2, 0.25) is 5.91 Å². The summed E-state index contributed by atoms with van der Waals surface area (Å²) in [5.74, 6) is -0.0163. The van der Waals surface area contributed by atoms with Crippen LogP contribution in [0.15, 0.2) is 72.8 Å². The number of carbonyl (C=O) groups excluding carboxylic acids is 3. The van der Waals surface area contributed by atoms with E-state index >= 15 is 0 Å². The molecule has 3 heterocycles. The molecule has 0 saturated heterocycles. The van der Waals surface area contributed by atoms with Crippen molar-refractivity contribution < 1.29 is 19.5 Å². The Bertz CT molecular complexity index is 1540. The maximum Gasteiger partial charge on any atom is 0.260 e. The Morgan fingerprint density at radius 1 is 0.892 bits per heavy atom. The van der Waals surface area contributed by atoms with Crippen molar-refractivity contribution in [2.24, 2.45) is 0 Å². The van der Waals surface area contributed by atoms with Gasteiger partial charge in [0, 0.05) is 37.2 Å². The lowest BCUT2D eigenvalue weighted by molar-refractivity contribution is -0.121. The summed E-state index contributed by atoms with van der Waals surface area (Å²) >= 11 is 0. The molecule has 1 atom stereocenters. The number of aliphatic hydroxyl groups is 1. The molecule has 6 rings (SSSR count). The lowest BCUT2D eigenvalue weighted by Gasteiger charge is -2.40. The van der Waals surface area contributed by atoms with Crippen LogP contribution in [0.1, 0.15) is 44.7 Å². The highest BCUT2D eigenvalue weighted by Gasteiger charge is 2.47. The SMILES string of the molecule is O=C(CCN1C(=O)c2ccccc2N2C(=O)c3ccccc3[C@H]12)NCCn1c(CO)nc2ccccc21. The van der Waals surface area contributed by atoms with Gasteiger partial charge in [-0.15, -0.1) is 0 Å². The highest BCUT2D eigenvalue weighted by Crippen LogP contribution is 2.45. The second kappa shape index (κ2) is 9.18. The highest BCUT2D eigenvalue weighted by atomic mass is 16.3. The van der Waals surface area contributed by atoms with Crippen LogP contribution >= 0.6 is 0 Å². The number of carbonyl (C=O) groups is 3. The van der Waals surface area contributed by atoms with Crippen LogP contribution in [0.5, 0.6) is 0 Å². The van der Waals surface area contributed by atoms with Crippen LogP contribution in [0, 0.1) is 0 Å². The number of rotatable bonds is 7. The molecule has 9 nitrogen and oxygen atoms in total. The fourth-order valence-electron chi connectivity index (χ4n) is 5.31. The first kappa shape index (κ1) is 22.9. The van der Waals surface area contributed by atoms with Gasteiger partial charge in [-0.3, -0.25) is 19.3 Å². The Morgan fingerprint density at radius 2 is 1.62 bits per heavy atom. The summed E-state index contributed by atoms with van der Waals surface area (Å²) in [4.78, 5) is 47.2. The van der Waals surface area contributed by atoms with Gasteiger partial charge in [-0.25, -0.2) is 4.98 Å². The van der Waals surface area contributed by atoms with Crippen LogP contribution < -0.4 is 10.2 Å². The van der Waals surface area contributed by atoms with Gasteiger partial charge in [0.05, 0.1) is 22.3 Å². The zero-order valence-corrected chi connectivity index (χ0v) is 20.0. The van der Waals surface area contributed by atoms with Crippen LogP contribution in [-0.2, 0) is 17.9 Å². The molecular weight excluding hydrogens is 470 g/mol. The number of fused-ring (bicyclic) bond motifs is 6. The standard InChI is InChI=1S/C28H25N5O4/c34-17-24-30-21-10-4-6-12-23(21)31(24)16-14-29-25(35)13-15-32-26-18-7-1-2-8-19(18)28(37)33(26)22-11-5-3-9-20(22)27(32)36/h1-12,26,34H,13-17H2,(H,29,35)/t26-/m1/s1. The monoisotopic (exact) mass is 495 g/mol. The molecule has 3 aromatic carbocycles. The molecule has 9 heteroatoms. The largest absolute Gasteiger partial charge is 0.388 e. The molecule has 4 aromatic rings. The van der Waals surface area contributed by atoms with Gasteiger partial charge < -0.3 is 19.9 Å². The van der Waals surface area contributed by atoms with Crippen molar-refractivity contribution in [3.63, 3.8) is 0 Å². The minimum atomic E-state index is -0.580. The van der Waals surface area contributed by atoms with E-state index in [1.165, 1.54) is 0 Å². The molecule has 2 N–H and O–H groups in total. The van der Waals surface area contributed by atoms with E-state index in [0.29, 0.717) is 35.7 Å².